The molecule has 0 spiro atoms. The van der Waals surface area contributed by atoms with Crippen LogP contribution < -0.4 is 5.32 Å². The van der Waals surface area contributed by atoms with Crippen LogP contribution in [0.15, 0.2) is 21.6 Å². The molecule has 0 unspecified atom stereocenters. The van der Waals surface area contributed by atoms with Gasteiger partial charge < -0.3 is 14.5 Å². The van der Waals surface area contributed by atoms with Crippen molar-refractivity contribution in [3.05, 3.63) is 17.9 Å². The Kier molecular flexibility index (Phi) is 7.47. The molecule has 0 bridgehead atoms. The van der Waals surface area contributed by atoms with Crippen molar-refractivity contribution in [2.45, 2.75) is 25.0 Å². The molecular formula is C14H22N2O4S. The molecule has 0 saturated heterocycles. The minimum absolute atomic E-state index is 0.0400. The van der Waals surface area contributed by atoms with E-state index in [1.165, 1.54) is 10.4 Å². The molecule has 0 aliphatic carbocycles. The summed E-state index contributed by atoms with van der Waals surface area (Å²) in [6, 6.07) is 3.11. The molecule has 118 valence electrons. The van der Waals surface area contributed by atoms with Gasteiger partial charge in [0.25, 0.3) is 10.0 Å². The number of ether oxygens (including phenoxy) is 1. The Morgan fingerprint density at radius 2 is 2.24 bits per heavy atom. The molecule has 0 fully saturated rings. The van der Waals surface area contributed by atoms with E-state index < -0.39 is 10.0 Å². The van der Waals surface area contributed by atoms with Gasteiger partial charge in [-0.2, -0.15) is 4.31 Å². The van der Waals surface area contributed by atoms with Crippen molar-refractivity contribution in [3.8, 4) is 12.3 Å². The molecule has 0 aliphatic heterocycles. The molecule has 1 aromatic rings. The van der Waals surface area contributed by atoms with Crippen molar-refractivity contribution in [1.29, 1.82) is 0 Å². The van der Waals surface area contributed by atoms with Crippen LogP contribution in [0.4, 0.5) is 0 Å². The Labute approximate surface area is 126 Å². The summed E-state index contributed by atoms with van der Waals surface area (Å²) < 4.78 is 36.4. The maximum Gasteiger partial charge on any atom is 0.277 e. The highest BCUT2D eigenvalue weighted by atomic mass is 32.2. The second kappa shape index (κ2) is 8.85. The number of hydrogen-bond acceptors (Lipinski definition) is 5. The highest BCUT2D eigenvalue weighted by molar-refractivity contribution is 7.89. The van der Waals surface area contributed by atoms with E-state index in [0.717, 1.165) is 0 Å². The molecule has 0 amide bonds. The molecule has 0 aliphatic rings. The van der Waals surface area contributed by atoms with Crippen LogP contribution in [0.25, 0.3) is 0 Å². The molecule has 21 heavy (non-hydrogen) atoms. The van der Waals surface area contributed by atoms with Crippen molar-refractivity contribution in [1.82, 2.24) is 9.62 Å². The maximum atomic E-state index is 12.4. The Bertz CT molecular complexity index is 560. The summed E-state index contributed by atoms with van der Waals surface area (Å²) in [5, 5.41) is 3.01. The minimum Gasteiger partial charge on any atom is -0.447 e. The van der Waals surface area contributed by atoms with E-state index in [9.17, 15) is 8.42 Å². The summed E-state index contributed by atoms with van der Waals surface area (Å²) in [6.07, 6.45) is 5.91. The first kappa shape index (κ1) is 17.7. The van der Waals surface area contributed by atoms with Gasteiger partial charge in [0.15, 0.2) is 0 Å². The third-order valence-corrected chi connectivity index (χ3v) is 4.47. The van der Waals surface area contributed by atoms with Gasteiger partial charge in [0, 0.05) is 20.2 Å². The zero-order valence-electron chi connectivity index (χ0n) is 12.5. The Morgan fingerprint density at radius 3 is 2.86 bits per heavy atom. The fourth-order valence-corrected chi connectivity index (χ4v) is 3.11. The minimum atomic E-state index is -3.67. The number of terminal acetylenes is 1. The zero-order valence-corrected chi connectivity index (χ0v) is 13.3. The van der Waals surface area contributed by atoms with Crippen LogP contribution in [0.3, 0.4) is 0 Å². The van der Waals surface area contributed by atoms with E-state index in [4.69, 9.17) is 15.6 Å². The number of methoxy groups -OCH3 is 1. The fraction of sp³-hybridized carbons (Fsp3) is 0.571. The number of rotatable bonds is 10. The predicted octanol–water partition coefficient (Wildman–Crippen LogP) is 1.05. The van der Waals surface area contributed by atoms with Crippen molar-refractivity contribution in [2.75, 3.05) is 33.4 Å². The highest BCUT2D eigenvalue weighted by Crippen LogP contribution is 2.19. The van der Waals surface area contributed by atoms with Gasteiger partial charge in [-0.05, 0) is 18.6 Å². The van der Waals surface area contributed by atoms with Crippen LogP contribution in [0.2, 0.25) is 0 Å². The maximum absolute atomic E-state index is 12.4. The fourth-order valence-electron chi connectivity index (χ4n) is 1.74. The first-order valence-corrected chi connectivity index (χ1v) is 8.22. The first-order chi connectivity index (χ1) is 10.1. The van der Waals surface area contributed by atoms with E-state index in [1.807, 2.05) is 6.92 Å². The second-order valence-corrected chi connectivity index (χ2v) is 6.30. The van der Waals surface area contributed by atoms with Crippen LogP contribution in [-0.2, 0) is 21.3 Å². The third-order valence-electron chi connectivity index (χ3n) is 2.75. The molecule has 0 saturated carbocycles. The van der Waals surface area contributed by atoms with Gasteiger partial charge in [0.05, 0.1) is 19.7 Å². The van der Waals surface area contributed by atoms with Gasteiger partial charge in [-0.3, -0.25) is 0 Å². The summed E-state index contributed by atoms with van der Waals surface area (Å²) in [4.78, 5) is 0. The SMILES string of the molecule is C#CCN(CCC)S(=O)(=O)c1ccc(CNCCOC)o1. The van der Waals surface area contributed by atoms with Crippen molar-refractivity contribution < 1.29 is 17.6 Å². The monoisotopic (exact) mass is 314 g/mol. The molecular weight excluding hydrogens is 292 g/mol. The Balaban J connectivity index is 2.75. The Hall–Kier alpha value is -1.33. The standard InChI is InChI=1S/C14H22N2O4S/c1-4-9-16(10-5-2)21(17,18)14-7-6-13(20-14)12-15-8-11-19-3/h1,6-7,15H,5,8-12H2,2-3H3. The third kappa shape index (κ3) is 5.17. The van der Waals surface area contributed by atoms with E-state index in [-0.39, 0.29) is 11.6 Å². The summed E-state index contributed by atoms with van der Waals surface area (Å²) in [6.45, 7) is 4.00. The van der Waals surface area contributed by atoms with Gasteiger partial charge in [-0.1, -0.05) is 12.8 Å². The van der Waals surface area contributed by atoms with Gasteiger partial charge in [-0.15, -0.1) is 6.42 Å². The van der Waals surface area contributed by atoms with E-state index >= 15 is 0 Å². The van der Waals surface area contributed by atoms with Crippen molar-refractivity contribution >= 4 is 10.0 Å². The number of hydrogen-bond donors (Lipinski definition) is 1. The van der Waals surface area contributed by atoms with E-state index in [2.05, 4.69) is 11.2 Å². The van der Waals surface area contributed by atoms with Crippen LogP contribution >= 0.6 is 0 Å². The number of nitrogens with zero attached hydrogens (tertiary/aromatic N) is 1. The number of furan rings is 1. The number of sulfonamides is 1. The van der Waals surface area contributed by atoms with Crippen LogP contribution in [0.1, 0.15) is 19.1 Å². The van der Waals surface area contributed by atoms with Crippen LogP contribution in [0, 0.1) is 12.3 Å². The summed E-state index contributed by atoms with van der Waals surface area (Å²) >= 11 is 0. The van der Waals surface area contributed by atoms with Crippen molar-refractivity contribution in [2.24, 2.45) is 0 Å². The van der Waals surface area contributed by atoms with Gasteiger partial charge in [0.2, 0.25) is 5.09 Å². The topological polar surface area (TPSA) is 71.8 Å². The molecule has 0 aromatic carbocycles. The largest absolute Gasteiger partial charge is 0.447 e. The first-order valence-electron chi connectivity index (χ1n) is 6.78. The molecule has 1 N–H and O–H groups in total. The number of nitrogens with one attached hydrogen (secondary N) is 1. The lowest BCUT2D eigenvalue weighted by Crippen LogP contribution is -2.32. The lowest BCUT2D eigenvalue weighted by Gasteiger charge is -2.17. The average molecular weight is 314 g/mol. The molecule has 1 aromatic heterocycles. The lowest BCUT2D eigenvalue weighted by molar-refractivity contribution is 0.198. The molecule has 0 atom stereocenters. The van der Waals surface area contributed by atoms with Crippen LogP contribution in [0.5, 0.6) is 0 Å². The quantitative estimate of drug-likeness (QED) is 0.516. The molecule has 1 heterocycles. The van der Waals surface area contributed by atoms with Gasteiger partial charge in [0.1, 0.15) is 5.76 Å². The summed E-state index contributed by atoms with van der Waals surface area (Å²) in [5.74, 6) is 2.92. The zero-order chi connectivity index (χ0) is 15.7. The summed E-state index contributed by atoms with van der Waals surface area (Å²) in [5.41, 5.74) is 0. The van der Waals surface area contributed by atoms with E-state index in [1.54, 1.807) is 13.2 Å². The van der Waals surface area contributed by atoms with E-state index in [0.29, 0.717) is 38.4 Å². The van der Waals surface area contributed by atoms with Crippen LogP contribution in [-0.4, -0.2) is 46.1 Å². The van der Waals surface area contributed by atoms with Gasteiger partial charge in [-0.25, -0.2) is 8.42 Å². The molecule has 1 rings (SSSR count). The molecule has 7 heteroatoms. The van der Waals surface area contributed by atoms with Crippen molar-refractivity contribution in [3.63, 3.8) is 0 Å². The average Bonchev–Trinajstić information content (AvgIpc) is 2.93. The normalized spacial score (nSPS) is 11.7. The predicted molar refractivity (Wildman–Crippen MR) is 80.2 cm³/mol. The Morgan fingerprint density at radius 1 is 1.48 bits per heavy atom. The highest BCUT2D eigenvalue weighted by Gasteiger charge is 2.26. The smallest absolute Gasteiger partial charge is 0.277 e. The lowest BCUT2D eigenvalue weighted by atomic mass is 10.4. The van der Waals surface area contributed by atoms with Gasteiger partial charge >= 0.3 is 0 Å². The molecule has 6 nitrogen and oxygen atoms in total. The summed E-state index contributed by atoms with van der Waals surface area (Å²) in [7, 11) is -2.05. The molecule has 0 radical (unpaired) electrons. The second-order valence-electron chi connectivity index (χ2n) is 4.43.